The largest absolute Gasteiger partial charge is 0.0546 e. The van der Waals surface area contributed by atoms with E-state index >= 15 is 0 Å². The maximum absolute atomic E-state index is 1.62. The first-order chi connectivity index (χ1) is 8.81. The second-order valence-corrected chi connectivity index (χ2v) is 33.9. The summed E-state index contributed by atoms with van der Waals surface area (Å²) in [7, 11) is 6.23. The van der Waals surface area contributed by atoms with Crippen molar-refractivity contribution in [2.24, 2.45) is 0 Å². The van der Waals surface area contributed by atoms with Crippen LogP contribution in [0.2, 0.25) is 5.54 Å². The third-order valence-corrected chi connectivity index (χ3v) is 45.3. The van der Waals surface area contributed by atoms with Crippen molar-refractivity contribution in [2.45, 2.75) is 82.6 Å². The van der Waals surface area contributed by atoms with Crippen LogP contribution in [0.15, 0.2) is 0 Å². The van der Waals surface area contributed by atoms with Gasteiger partial charge >= 0.3 is 0 Å². The summed E-state index contributed by atoms with van der Waals surface area (Å²) in [6.45, 7) is 0. The Morgan fingerprint density at radius 1 is 0.556 bits per heavy atom. The molecule has 0 amide bonds. The molecule has 2 fully saturated rings. The minimum atomic E-state index is 0.764. The minimum absolute atomic E-state index is 0.764. The first kappa shape index (κ1) is 19.1. The van der Waals surface area contributed by atoms with Gasteiger partial charge in [-0.25, -0.2) is 0 Å². The Bertz CT molecular complexity index is 129. The van der Waals surface area contributed by atoms with E-state index in [1.807, 2.05) is 0 Å². The van der Waals surface area contributed by atoms with Gasteiger partial charge in [0, 0.05) is 10.2 Å². The van der Waals surface area contributed by atoms with Gasteiger partial charge in [0.25, 0.3) is 0 Å². The fraction of sp³-hybridized carbons (Fsp3) is 1.00. The molecular weight excluding hydrogens is 297 g/mol. The van der Waals surface area contributed by atoms with Crippen LogP contribution < -0.4 is 0 Å². The van der Waals surface area contributed by atoms with Crippen LogP contribution in [0.25, 0.3) is 0 Å². The van der Waals surface area contributed by atoms with Gasteiger partial charge in [0.15, 0.2) is 0 Å². The highest BCUT2D eigenvalue weighted by atomic mass is 29.7. The Hall–Kier alpha value is 1.08. The summed E-state index contributed by atoms with van der Waals surface area (Å²) in [5.41, 5.74) is 1.16. The van der Waals surface area contributed by atoms with Gasteiger partial charge in [0.2, 0.25) is 0 Å². The van der Waals surface area contributed by atoms with Gasteiger partial charge in [-0.05, 0) is 36.6 Å². The molecular formula is C13H38Si5. The first-order valence-corrected chi connectivity index (χ1v) is 25.3. The zero-order valence-electron chi connectivity index (χ0n) is 13.5. The standard InChI is InChI=1S/C7H16Si.C6H12.H10Si4/c8-7-5-3-1-2-4-6-7;1-2-4-6-5-3-1;1-3-4-2/h7H,1-6H2,8H3;1-6H2;3-4H2,1-2H3. The van der Waals surface area contributed by atoms with E-state index in [1.165, 1.54) is 74.5 Å². The molecule has 2 saturated carbocycles. The second kappa shape index (κ2) is 16.1. The summed E-state index contributed by atoms with van der Waals surface area (Å²) in [5, 5.41) is 0. The second-order valence-electron chi connectivity index (χ2n) is 6.22. The van der Waals surface area contributed by atoms with E-state index in [9.17, 15) is 0 Å². The van der Waals surface area contributed by atoms with E-state index in [0.717, 1.165) is 22.7 Å². The van der Waals surface area contributed by atoms with Crippen LogP contribution in [-0.4, -0.2) is 46.9 Å². The Balaban J connectivity index is 0.000000257. The molecule has 2 aliphatic rings. The molecule has 5 heteroatoms. The molecule has 0 radical (unpaired) electrons. The summed E-state index contributed by atoms with van der Waals surface area (Å²) in [6, 6.07) is 0. The maximum atomic E-state index is 1.62. The summed E-state index contributed by atoms with van der Waals surface area (Å²) in [4.78, 5) is 0. The van der Waals surface area contributed by atoms with Crippen LogP contribution in [-0.2, 0) is 0 Å². The highest BCUT2D eigenvalue weighted by Gasteiger charge is 2.05. The Labute approximate surface area is 129 Å². The average Bonchev–Trinajstić information content (AvgIpc) is 2.69. The molecule has 110 valence electrons. The number of rotatable bonds is 1. The molecule has 0 nitrogen and oxygen atoms in total. The molecule has 0 atom stereocenters. The van der Waals surface area contributed by atoms with E-state index in [1.54, 1.807) is 32.4 Å². The van der Waals surface area contributed by atoms with Gasteiger partial charge in [-0.2, -0.15) is 0 Å². The SMILES string of the molecule is C1CCCCC1.[SiH3]C1CCCCCC1.[SiH3][SiH2][SiH2][SiH3]. The molecule has 0 spiro atoms. The van der Waals surface area contributed by atoms with E-state index in [0.29, 0.717) is 0 Å². The van der Waals surface area contributed by atoms with Crippen molar-refractivity contribution in [1.29, 1.82) is 0 Å². The van der Waals surface area contributed by atoms with Crippen molar-refractivity contribution in [3.63, 3.8) is 0 Å². The minimum Gasteiger partial charge on any atom is -0.0546 e. The van der Waals surface area contributed by atoms with E-state index < -0.39 is 0 Å². The quantitative estimate of drug-likeness (QED) is 0.454. The monoisotopic (exact) mass is 334 g/mol. The smallest absolute Gasteiger partial charge is 0.00672 e. The van der Waals surface area contributed by atoms with E-state index in [4.69, 9.17) is 0 Å². The molecule has 0 unspecified atom stereocenters. The topological polar surface area (TPSA) is 0 Å². The lowest BCUT2D eigenvalue weighted by Crippen LogP contribution is -2.00. The molecule has 0 saturated heterocycles. The van der Waals surface area contributed by atoms with Crippen molar-refractivity contribution in [3.8, 4) is 0 Å². The Morgan fingerprint density at radius 2 is 0.833 bits per heavy atom. The molecule has 0 N–H and O–H groups in total. The van der Waals surface area contributed by atoms with E-state index in [-0.39, 0.29) is 0 Å². The van der Waals surface area contributed by atoms with Crippen molar-refractivity contribution in [3.05, 3.63) is 0 Å². The highest BCUT2D eigenvalue weighted by Crippen LogP contribution is 2.23. The van der Waals surface area contributed by atoms with Crippen LogP contribution >= 0.6 is 0 Å². The molecule has 0 bridgehead atoms. The number of hydrogen-bond acceptors (Lipinski definition) is 0. The zero-order valence-corrected chi connectivity index (χ0v) is 22.3. The molecule has 2 rings (SSSR count). The van der Waals surface area contributed by atoms with Gasteiger partial charge in [-0.1, -0.05) is 82.6 Å². The molecule has 0 aliphatic heterocycles. The zero-order chi connectivity index (χ0) is 13.5. The van der Waals surface area contributed by atoms with Crippen molar-refractivity contribution < 1.29 is 0 Å². The molecule has 0 heterocycles. The normalized spacial score (nSPS) is 22.7. The van der Waals surface area contributed by atoms with Crippen LogP contribution in [0.1, 0.15) is 77.0 Å². The lowest BCUT2D eigenvalue weighted by Gasteiger charge is -2.05. The average molecular weight is 335 g/mol. The van der Waals surface area contributed by atoms with Gasteiger partial charge in [0.05, 0.1) is 0 Å². The highest BCUT2D eigenvalue weighted by molar-refractivity contribution is 7.37. The van der Waals surface area contributed by atoms with Crippen molar-refractivity contribution in [2.75, 3.05) is 0 Å². The summed E-state index contributed by atoms with van der Waals surface area (Å²) in [5.74, 6) is 0. The van der Waals surface area contributed by atoms with Crippen LogP contribution in [0, 0.1) is 0 Å². The summed E-state index contributed by atoms with van der Waals surface area (Å²) in [6.07, 6.45) is 18.2. The third-order valence-electron chi connectivity index (χ3n) is 4.14. The van der Waals surface area contributed by atoms with Crippen molar-refractivity contribution >= 4 is 46.9 Å². The summed E-state index contributed by atoms with van der Waals surface area (Å²) >= 11 is 0. The number of hydrogen-bond donors (Lipinski definition) is 0. The van der Waals surface area contributed by atoms with Crippen LogP contribution in [0.4, 0.5) is 0 Å². The Kier molecular flexibility index (Phi) is 17.1. The lowest BCUT2D eigenvalue weighted by molar-refractivity contribution is 0.504. The van der Waals surface area contributed by atoms with E-state index in [2.05, 4.69) is 0 Å². The van der Waals surface area contributed by atoms with Crippen LogP contribution in [0.3, 0.4) is 0 Å². The predicted octanol–water partition coefficient (Wildman–Crippen LogP) is -0.365. The first-order valence-electron chi connectivity index (χ1n) is 8.81. The van der Waals surface area contributed by atoms with Crippen molar-refractivity contribution in [1.82, 2.24) is 0 Å². The van der Waals surface area contributed by atoms with Gasteiger partial charge < -0.3 is 0 Å². The molecule has 0 aromatic carbocycles. The fourth-order valence-electron chi connectivity index (χ4n) is 2.54. The van der Waals surface area contributed by atoms with Gasteiger partial charge in [-0.15, -0.1) is 0 Å². The van der Waals surface area contributed by atoms with Gasteiger partial charge in [-0.3, -0.25) is 0 Å². The maximum Gasteiger partial charge on any atom is 0.00672 e. The van der Waals surface area contributed by atoms with Gasteiger partial charge in [0.1, 0.15) is 0 Å². The fourth-order valence-corrected chi connectivity index (χ4v) is 3.36. The molecule has 0 aromatic heterocycles. The third kappa shape index (κ3) is 15.1. The Morgan fingerprint density at radius 3 is 1.11 bits per heavy atom. The predicted molar refractivity (Wildman–Crippen MR) is 106 cm³/mol. The lowest BCUT2D eigenvalue weighted by atomic mass is 10.0. The molecule has 0 aromatic rings. The molecule has 2 aliphatic carbocycles. The molecule has 18 heavy (non-hydrogen) atoms. The van der Waals surface area contributed by atoms with Crippen LogP contribution in [0.5, 0.6) is 0 Å². The summed E-state index contributed by atoms with van der Waals surface area (Å²) < 4.78 is 0.